The van der Waals surface area contributed by atoms with Crippen molar-refractivity contribution in [3.63, 3.8) is 0 Å². The van der Waals surface area contributed by atoms with Gasteiger partial charge in [0.1, 0.15) is 13.1 Å². The molecule has 33 heavy (non-hydrogen) atoms. The minimum Gasteiger partial charge on any atom is -0.480 e. The highest BCUT2D eigenvalue weighted by molar-refractivity contribution is 5.88. The molecule has 11 heteroatoms. The molecule has 1 heterocycles. The fourth-order valence-electron chi connectivity index (χ4n) is 5.35. The molecule has 0 aromatic rings. The molecule has 4 N–H and O–H groups in total. The molecule has 1 aliphatic heterocycles. The number of hydrogen-bond acceptors (Lipinski definition) is 5. The number of carboxylic acid groups (broad SMARTS) is 1. The average Bonchev–Trinajstić information content (AvgIpc) is 2.98. The Hall–Kier alpha value is -2.56. The molecule has 0 spiro atoms. The molecule has 3 rings (SSSR count). The van der Waals surface area contributed by atoms with Crippen molar-refractivity contribution in [2.45, 2.75) is 102 Å². The summed E-state index contributed by atoms with van der Waals surface area (Å²) < 4.78 is 0. The lowest BCUT2D eigenvalue weighted by Gasteiger charge is -2.41. The van der Waals surface area contributed by atoms with Crippen molar-refractivity contribution in [2.24, 2.45) is 0 Å². The molecule has 11 nitrogen and oxygen atoms in total. The van der Waals surface area contributed by atoms with Crippen LogP contribution in [0.4, 0.5) is 9.59 Å². The van der Waals surface area contributed by atoms with Crippen LogP contribution in [0.5, 0.6) is 0 Å². The van der Waals surface area contributed by atoms with Crippen LogP contribution in [0.2, 0.25) is 0 Å². The molecule has 2 aliphatic carbocycles. The minimum atomic E-state index is -1.18. The summed E-state index contributed by atoms with van der Waals surface area (Å²) in [6, 6.07) is -1.25. The highest BCUT2D eigenvalue weighted by Gasteiger charge is 2.57. The number of nitrogens with zero attached hydrogens (tertiary/aromatic N) is 3. The summed E-state index contributed by atoms with van der Waals surface area (Å²) in [5, 5.41) is 25.7. The van der Waals surface area contributed by atoms with Crippen LogP contribution in [0.3, 0.4) is 0 Å². The molecular formula is C22H37N5O6. The molecule has 186 valence electrons. The molecule has 3 fully saturated rings. The van der Waals surface area contributed by atoms with E-state index in [1.807, 2.05) is 0 Å². The number of hydroxylamine groups is 2. The van der Waals surface area contributed by atoms with Crippen molar-refractivity contribution < 1.29 is 29.5 Å². The average molecular weight is 468 g/mol. The van der Waals surface area contributed by atoms with Crippen LogP contribution in [-0.4, -0.2) is 86.0 Å². The third-order valence-electron chi connectivity index (χ3n) is 7.12. The number of rotatable bonds is 7. The lowest BCUT2D eigenvalue weighted by atomic mass is 9.92. The number of urea groups is 2. The number of nitrogens with one attached hydrogen (secondary N) is 2. The zero-order chi connectivity index (χ0) is 24.2. The largest absolute Gasteiger partial charge is 0.480 e. The normalized spacial score (nSPS) is 24.0. The Kier molecular flexibility index (Phi) is 8.04. The molecule has 0 aromatic carbocycles. The van der Waals surface area contributed by atoms with E-state index < -0.39 is 42.2 Å². The standard InChI is InChI=1S/C22H37N5O6/c1-22(2)19(27(33)20(31)24-15-9-5-3-6-10-15)26(16-11-7-4-8-12-16)21(32)25(22)14-17(28)23-13-18(29)30/h15-16,19,33H,3-14H2,1-2H3,(H,23,28)(H,24,31)(H,29,30). The van der Waals surface area contributed by atoms with Gasteiger partial charge in [-0.2, -0.15) is 5.06 Å². The quantitative estimate of drug-likeness (QED) is 0.334. The smallest absolute Gasteiger partial charge is 0.343 e. The first-order valence-electron chi connectivity index (χ1n) is 12.0. The van der Waals surface area contributed by atoms with E-state index in [4.69, 9.17) is 5.11 Å². The molecular weight excluding hydrogens is 430 g/mol. The van der Waals surface area contributed by atoms with Gasteiger partial charge >= 0.3 is 18.0 Å². The lowest BCUT2D eigenvalue weighted by Crippen LogP contribution is -2.61. The molecule has 1 saturated heterocycles. The molecule has 2 saturated carbocycles. The topological polar surface area (TPSA) is 143 Å². The van der Waals surface area contributed by atoms with E-state index >= 15 is 0 Å². The number of carbonyl (C=O) groups excluding carboxylic acids is 3. The zero-order valence-electron chi connectivity index (χ0n) is 19.6. The van der Waals surface area contributed by atoms with Crippen molar-refractivity contribution in [1.29, 1.82) is 0 Å². The Bertz CT molecular complexity index is 748. The lowest BCUT2D eigenvalue weighted by molar-refractivity contribution is -0.143. The molecule has 1 unspecified atom stereocenters. The number of aliphatic carboxylic acids is 1. The highest BCUT2D eigenvalue weighted by atomic mass is 16.5. The SMILES string of the molecule is CC1(C)C(N(O)C(=O)NC2CCCCC2)N(C2CCCCC2)C(=O)N1CC(=O)NCC(=O)O. The van der Waals surface area contributed by atoms with Crippen molar-refractivity contribution >= 4 is 23.9 Å². The van der Waals surface area contributed by atoms with Crippen molar-refractivity contribution in [2.75, 3.05) is 13.1 Å². The first-order chi connectivity index (χ1) is 15.6. The van der Waals surface area contributed by atoms with E-state index in [2.05, 4.69) is 10.6 Å². The predicted molar refractivity (Wildman–Crippen MR) is 118 cm³/mol. The van der Waals surface area contributed by atoms with Crippen molar-refractivity contribution in [1.82, 2.24) is 25.5 Å². The summed E-state index contributed by atoms with van der Waals surface area (Å²) in [6.45, 7) is 2.50. The molecule has 0 bridgehead atoms. The number of carbonyl (C=O) groups is 4. The van der Waals surface area contributed by atoms with E-state index in [-0.39, 0.29) is 18.6 Å². The third-order valence-corrected chi connectivity index (χ3v) is 7.12. The van der Waals surface area contributed by atoms with Crippen LogP contribution in [0.25, 0.3) is 0 Å². The third kappa shape index (κ3) is 5.69. The van der Waals surface area contributed by atoms with Crippen LogP contribution in [0.15, 0.2) is 0 Å². The second-order valence-corrected chi connectivity index (χ2v) is 9.89. The predicted octanol–water partition coefficient (Wildman–Crippen LogP) is 2.10. The van der Waals surface area contributed by atoms with Gasteiger partial charge in [0, 0.05) is 12.1 Å². The van der Waals surface area contributed by atoms with Crippen LogP contribution >= 0.6 is 0 Å². The monoisotopic (exact) mass is 467 g/mol. The maximum absolute atomic E-state index is 13.5. The molecule has 0 radical (unpaired) electrons. The van der Waals surface area contributed by atoms with Gasteiger partial charge in [0.05, 0.1) is 5.54 Å². The Balaban J connectivity index is 1.81. The first-order valence-corrected chi connectivity index (χ1v) is 12.0. The number of amides is 5. The highest BCUT2D eigenvalue weighted by Crippen LogP contribution is 2.39. The van der Waals surface area contributed by atoms with Gasteiger partial charge in [-0.25, -0.2) is 9.59 Å². The summed E-state index contributed by atoms with van der Waals surface area (Å²) >= 11 is 0. The Morgan fingerprint density at radius 1 is 1.03 bits per heavy atom. The fraction of sp³-hybridized carbons (Fsp3) is 0.818. The summed E-state index contributed by atoms with van der Waals surface area (Å²) in [4.78, 5) is 52.5. The Morgan fingerprint density at radius 2 is 1.61 bits per heavy atom. The van der Waals surface area contributed by atoms with E-state index in [9.17, 15) is 24.4 Å². The van der Waals surface area contributed by atoms with Gasteiger partial charge in [-0.05, 0) is 39.5 Å². The Labute approximate surface area is 194 Å². The number of hydrogen-bond donors (Lipinski definition) is 4. The molecule has 3 aliphatic rings. The van der Waals surface area contributed by atoms with E-state index in [0.717, 1.165) is 64.2 Å². The maximum atomic E-state index is 13.5. The summed E-state index contributed by atoms with van der Waals surface area (Å²) in [5.41, 5.74) is -1.09. The van der Waals surface area contributed by atoms with E-state index in [1.165, 1.54) is 4.90 Å². The summed E-state index contributed by atoms with van der Waals surface area (Å²) in [5.74, 6) is -1.79. The molecule has 0 aromatic heterocycles. The van der Waals surface area contributed by atoms with Crippen molar-refractivity contribution in [3.8, 4) is 0 Å². The van der Waals surface area contributed by atoms with Gasteiger partial charge < -0.3 is 20.6 Å². The van der Waals surface area contributed by atoms with Crippen LogP contribution in [-0.2, 0) is 9.59 Å². The van der Waals surface area contributed by atoms with E-state index in [0.29, 0.717) is 5.06 Å². The summed E-state index contributed by atoms with van der Waals surface area (Å²) in [6.07, 6.45) is 8.39. The second-order valence-electron chi connectivity index (χ2n) is 9.89. The van der Waals surface area contributed by atoms with Gasteiger partial charge in [-0.15, -0.1) is 0 Å². The van der Waals surface area contributed by atoms with Crippen LogP contribution < -0.4 is 10.6 Å². The van der Waals surface area contributed by atoms with Gasteiger partial charge in [0.15, 0.2) is 6.17 Å². The van der Waals surface area contributed by atoms with Gasteiger partial charge in [-0.3, -0.25) is 19.7 Å². The van der Waals surface area contributed by atoms with Gasteiger partial charge in [0.25, 0.3) is 0 Å². The maximum Gasteiger partial charge on any atom is 0.343 e. The molecule has 1 atom stereocenters. The van der Waals surface area contributed by atoms with Gasteiger partial charge in [-0.1, -0.05) is 38.5 Å². The molecule has 5 amide bonds. The fourth-order valence-corrected chi connectivity index (χ4v) is 5.35. The second kappa shape index (κ2) is 10.6. The van der Waals surface area contributed by atoms with Gasteiger partial charge in [0.2, 0.25) is 5.91 Å². The van der Waals surface area contributed by atoms with Crippen molar-refractivity contribution in [3.05, 3.63) is 0 Å². The Morgan fingerprint density at radius 3 is 2.18 bits per heavy atom. The summed E-state index contributed by atoms with van der Waals surface area (Å²) in [7, 11) is 0. The van der Waals surface area contributed by atoms with Crippen LogP contribution in [0.1, 0.15) is 78.1 Å². The minimum absolute atomic E-state index is 0.0119. The number of carboxylic acids is 1. The first kappa shape index (κ1) is 25.1. The zero-order valence-corrected chi connectivity index (χ0v) is 19.6. The van der Waals surface area contributed by atoms with Crippen LogP contribution in [0, 0.1) is 0 Å². The van der Waals surface area contributed by atoms with E-state index in [1.54, 1.807) is 18.7 Å².